The molecule has 0 aromatic carbocycles. The van der Waals surface area contributed by atoms with Crippen molar-refractivity contribution < 1.29 is 209 Å². The number of halogens is 7. The zero-order valence-electron chi connectivity index (χ0n) is 23.0. The molecule has 0 unspecified atom stereocenters. The van der Waals surface area contributed by atoms with E-state index in [2.05, 4.69) is 40.1 Å². The van der Waals surface area contributed by atoms with E-state index in [-0.39, 0.29) is 220 Å². The maximum atomic E-state index is 9.13. The quantitative estimate of drug-likeness (QED) is 0.116. The molecule has 0 saturated carbocycles. The molecule has 0 amide bonds. The summed E-state index contributed by atoms with van der Waals surface area (Å²) in [5.74, 6) is -8.52. The van der Waals surface area contributed by atoms with Gasteiger partial charge in [0.1, 0.15) is 0 Å². The van der Waals surface area contributed by atoms with Crippen LogP contribution in [0.25, 0.3) is 0 Å². The molecule has 0 saturated heterocycles. The molecule has 0 aromatic heterocycles. The molecule has 0 spiro atoms. The first-order chi connectivity index (χ1) is 15.9. The van der Waals surface area contributed by atoms with E-state index < -0.39 is 41.8 Å². The Morgan fingerprint density at radius 3 is 0.304 bits per heavy atom. The maximum Gasteiger partial charge on any atom is 4.00 e. The molecular weight excluding hydrogens is 975 g/mol. The van der Waals surface area contributed by atoms with Crippen LogP contribution >= 0.6 is 0 Å². The molecule has 0 rings (SSSR count). The molecule has 21 nitrogen and oxygen atoms in total. The van der Waals surface area contributed by atoms with Crippen molar-refractivity contribution in [2.75, 3.05) is 45.8 Å². The van der Waals surface area contributed by atoms with Crippen molar-refractivity contribution in [3.8, 4) is 0 Å². The largest absolute Gasteiger partial charge is 4.00 e. The third-order valence-corrected chi connectivity index (χ3v) is 1.17. The molecule has 0 fully saturated rings. The molecule has 0 radical (unpaired) electrons. The molecule has 0 aliphatic heterocycles. The molecule has 14 N–H and O–H groups in total. The van der Waals surface area contributed by atoms with E-state index in [1.165, 1.54) is 0 Å². The molecule has 266 valence electrons. The first-order valence-electron chi connectivity index (χ1n) is 8.19. The number of carboxylic acids is 7. The van der Waals surface area contributed by atoms with E-state index in [0.717, 1.165) is 0 Å². The molecule has 0 heterocycles. The summed E-state index contributed by atoms with van der Waals surface area (Å²) in [6.07, 6.45) is 0. The smallest absolute Gasteiger partial charge is 1.00 e. The predicted octanol–water partition coefficient (Wildman–Crippen LogP) is -37.9. The minimum atomic E-state index is -1.22. The number of carbonyl (C=O) groups excluding carboxylic acids is 7. The molecular formula is C14H28Al2Cl7N7O14Zr2. The van der Waals surface area contributed by atoms with Gasteiger partial charge in [-0.05, 0) is 0 Å². The topological polar surface area (TPSA) is 463 Å². The van der Waals surface area contributed by atoms with Gasteiger partial charge >= 0.3 is 87.1 Å². The Bertz CT molecular complexity index is 489. The summed E-state index contributed by atoms with van der Waals surface area (Å²) < 4.78 is 0. The Morgan fingerprint density at radius 2 is 0.304 bits per heavy atom. The van der Waals surface area contributed by atoms with Crippen molar-refractivity contribution in [3.63, 3.8) is 0 Å². The van der Waals surface area contributed by atoms with E-state index in [9.17, 15) is 0 Å². The molecule has 32 heteroatoms. The number of hydrogen-bond acceptors (Lipinski definition) is 21. The fourth-order valence-electron chi connectivity index (χ4n) is 0. The van der Waals surface area contributed by atoms with Gasteiger partial charge in [0.05, 0.1) is 41.8 Å². The fraction of sp³-hybridized carbons (Fsp3) is 0.500. The van der Waals surface area contributed by atoms with Crippen LogP contribution in [0.3, 0.4) is 0 Å². The third kappa shape index (κ3) is 391. The Balaban J connectivity index is -0.0000000120. The Hall–Kier alpha value is 0.871. The Morgan fingerprint density at radius 1 is 0.283 bits per heavy atom. The van der Waals surface area contributed by atoms with Crippen LogP contribution in [0, 0.1) is 0 Å². The summed E-state index contributed by atoms with van der Waals surface area (Å²) in [5, 5.41) is 63.9. The van der Waals surface area contributed by atoms with E-state index in [0.29, 0.717) is 0 Å². The molecule has 46 heavy (non-hydrogen) atoms. The average molecular weight is 1000 g/mol. The number of carbonyl (C=O) groups is 7. The molecule has 0 atom stereocenters. The second kappa shape index (κ2) is 111. The monoisotopic (exact) mass is 997 g/mol. The number of hydrogen-bond donors (Lipinski definition) is 7. The van der Waals surface area contributed by atoms with E-state index in [1.807, 2.05) is 0 Å². The maximum absolute atomic E-state index is 9.13. The van der Waals surface area contributed by atoms with E-state index in [1.54, 1.807) is 0 Å². The van der Waals surface area contributed by atoms with Crippen LogP contribution in [0.5, 0.6) is 0 Å². The van der Waals surface area contributed by atoms with Crippen LogP contribution in [0.2, 0.25) is 0 Å². The van der Waals surface area contributed by atoms with Crippen molar-refractivity contribution in [2.45, 2.75) is 0 Å². The summed E-state index contributed by atoms with van der Waals surface area (Å²) in [6, 6.07) is 0. The average Bonchev–Trinajstić information content (AvgIpc) is 2.80. The zero-order valence-corrected chi connectivity index (χ0v) is 35.5. The standard InChI is InChI=1S/7C2H5NO2.2Al.7ClH.2Zr/c7*3-1-2(4)5;;;;;;;;;;;/h7*1,3H2,(H,4,5);;;7*1H;;/q;;;;;;;2*+3;;;;;;;;2*+4/p-14. The first kappa shape index (κ1) is 118. The van der Waals surface area contributed by atoms with Gasteiger partial charge in [-0.25, -0.2) is 0 Å². The second-order valence-corrected chi connectivity index (χ2v) is 4.03. The number of nitrogens with two attached hydrogens (primary N) is 7. The molecule has 0 bridgehead atoms. The van der Waals surface area contributed by atoms with Crippen LogP contribution in [0.15, 0.2) is 0 Å². The van der Waals surface area contributed by atoms with Gasteiger partial charge in [0, 0.05) is 45.8 Å². The number of rotatable bonds is 7. The summed E-state index contributed by atoms with van der Waals surface area (Å²) in [4.78, 5) is 63.9. The zero-order chi connectivity index (χ0) is 30.0. The van der Waals surface area contributed by atoms with Gasteiger partial charge in [0.25, 0.3) is 0 Å². The van der Waals surface area contributed by atoms with Crippen molar-refractivity contribution in [2.24, 2.45) is 40.1 Å². The third-order valence-electron chi connectivity index (χ3n) is 1.17. The summed E-state index contributed by atoms with van der Waals surface area (Å²) in [5.41, 5.74) is 31.6. The van der Waals surface area contributed by atoms with Gasteiger partial charge in [-0.15, -0.1) is 0 Å². The minimum Gasteiger partial charge on any atom is -1.00 e. The van der Waals surface area contributed by atoms with Gasteiger partial charge in [0.2, 0.25) is 0 Å². The van der Waals surface area contributed by atoms with Gasteiger partial charge in [-0.2, -0.15) is 0 Å². The Labute approximate surface area is 367 Å². The van der Waals surface area contributed by atoms with E-state index in [4.69, 9.17) is 69.3 Å². The van der Waals surface area contributed by atoms with Gasteiger partial charge in [-0.1, -0.05) is 0 Å². The first-order valence-corrected chi connectivity index (χ1v) is 8.19. The molecule has 0 aliphatic rings. The second-order valence-electron chi connectivity index (χ2n) is 4.03. The van der Waals surface area contributed by atoms with Gasteiger partial charge < -0.3 is 196 Å². The predicted molar refractivity (Wildman–Crippen MR) is 110 cm³/mol. The molecule has 0 aliphatic carbocycles. The van der Waals surface area contributed by atoms with Crippen molar-refractivity contribution in [1.82, 2.24) is 0 Å². The SMILES string of the molecule is NCC(=O)[O-].NCC(=O)[O-].NCC(=O)[O-].NCC(=O)[O-].NCC(=O)[O-].NCC(=O)[O-].NCC(=O)[O-].[Al+3].[Al+3].[Cl-].[Cl-].[Cl-].[Cl-].[Cl-].[Cl-].[Cl-].[Zr+4].[Zr+4]. The van der Waals surface area contributed by atoms with Crippen LogP contribution in [0.1, 0.15) is 0 Å². The number of carboxylic acid groups (broad SMARTS) is 7. The van der Waals surface area contributed by atoms with Gasteiger partial charge in [0.15, 0.2) is 0 Å². The van der Waals surface area contributed by atoms with Crippen LogP contribution in [0.4, 0.5) is 0 Å². The summed E-state index contributed by atoms with van der Waals surface area (Å²) in [6.45, 7) is -2.72. The van der Waals surface area contributed by atoms with Crippen molar-refractivity contribution in [1.29, 1.82) is 0 Å². The van der Waals surface area contributed by atoms with E-state index >= 15 is 0 Å². The molecule has 0 aromatic rings. The van der Waals surface area contributed by atoms with Crippen LogP contribution in [-0.2, 0) is 86.0 Å². The number of aliphatic carboxylic acids is 7. The van der Waals surface area contributed by atoms with Crippen molar-refractivity contribution in [3.05, 3.63) is 0 Å². The normalized spacial score (nSPS) is 5.63. The summed E-state index contributed by atoms with van der Waals surface area (Å²) in [7, 11) is 0. The fourth-order valence-corrected chi connectivity index (χ4v) is 0. The Kier molecular flexibility index (Phi) is 285. The van der Waals surface area contributed by atoms with Crippen molar-refractivity contribution >= 4 is 76.5 Å². The van der Waals surface area contributed by atoms with Crippen LogP contribution < -0.4 is 163 Å². The van der Waals surface area contributed by atoms with Gasteiger partial charge in [-0.3, -0.25) is 0 Å². The minimum absolute atomic E-state index is 0. The van der Waals surface area contributed by atoms with Crippen LogP contribution in [-0.4, -0.2) is 122 Å². The summed E-state index contributed by atoms with van der Waals surface area (Å²) >= 11 is 0.